The Bertz CT molecular complexity index is 1050. The molecule has 0 saturated carbocycles. The molecule has 0 aliphatic heterocycles. The van der Waals surface area contributed by atoms with Gasteiger partial charge in [0.2, 0.25) is 10.0 Å². The molecule has 1 aromatic carbocycles. The van der Waals surface area contributed by atoms with Crippen LogP contribution in [-0.4, -0.2) is 35.7 Å². The van der Waals surface area contributed by atoms with Gasteiger partial charge in [0.25, 0.3) is 5.69 Å². The van der Waals surface area contributed by atoms with Gasteiger partial charge < -0.3 is 4.74 Å². The second-order valence-corrected chi connectivity index (χ2v) is 8.49. The zero-order valence-corrected chi connectivity index (χ0v) is 16.9. The van der Waals surface area contributed by atoms with Crippen LogP contribution in [0.15, 0.2) is 29.3 Å². The van der Waals surface area contributed by atoms with E-state index in [0.717, 1.165) is 11.8 Å². The summed E-state index contributed by atoms with van der Waals surface area (Å²) < 4.78 is 34.8. The molecule has 1 heterocycles. The molecule has 0 fully saturated rings. The van der Waals surface area contributed by atoms with Crippen molar-refractivity contribution in [2.75, 3.05) is 6.61 Å². The third-order valence-electron chi connectivity index (χ3n) is 4.83. The number of nitrogens with one attached hydrogen (secondary N) is 1. The Balaban J connectivity index is 1.85. The van der Waals surface area contributed by atoms with Crippen molar-refractivity contribution in [2.24, 2.45) is 0 Å². The molecule has 1 aliphatic carbocycles. The maximum absolute atomic E-state index is 12.8. The molecular formula is C18H22N4O6S. The zero-order valence-electron chi connectivity index (χ0n) is 16.1. The van der Waals surface area contributed by atoms with E-state index in [0.29, 0.717) is 30.4 Å². The molecule has 29 heavy (non-hydrogen) atoms. The minimum atomic E-state index is -3.98. The number of nitrogens with zero attached hydrogens (tertiary/aromatic N) is 3. The normalized spacial score (nSPS) is 16.3. The summed E-state index contributed by atoms with van der Waals surface area (Å²) in [5.41, 5.74) is 1.62. The van der Waals surface area contributed by atoms with Crippen LogP contribution in [0, 0.1) is 17.0 Å². The molecular weight excluding hydrogens is 400 g/mol. The lowest BCUT2D eigenvalue weighted by Gasteiger charge is -2.24. The Kier molecular flexibility index (Phi) is 5.99. The van der Waals surface area contributed by atoms with Crippen molar-refractivity contribution in [1.82, 2.24) is 14.5 Å². The molecule has 0 spiro atoms. The average molecular weight is 422 g/mol. The van der Waals surface area contributed by atoms with Crippen LogP contribution >= 0.6 is 0 Å². The van der Waals surface area contributed by atoms with E-state index in [1.807, 2.05) is 0 Å². The molecule has 1 atom stereocenters. The second kappa shape index (κ2) is 8.29. The van der Waals surface area contributed by atoms with Crippen molar-refractivity contribution in [3.63, 3.8) is 0 Å². The number of hydrogen-bond acceptors (Lipinski definition) is 7. The Morgan fingerprint density at radius 1 is 1.45 bits per heavy atom. The minimum absolute atomic E-state index is 0.0349. The number of nitro benzene ring substituents is 1. The van der Waals surface area contributed by atoms with Gasteiger partial charge in [0.05, 0.1) is 28.7 Å². The van der Waals surface area contributed by atoms with Gasteiger partial charge in [0.1, 0.15) is 6.54 Å². The Morgan fingerprint density at radius 3 is 2.90 bits per heavy atom. The van der Waals surface area contributed by atoms with Crippen LogP contribution in [0.4, 0.5) is 5.69 Å². The number of aromatic nitrogens is 2. The number of carbonyl (C=O) groups is 1. The van der Waals surface area contributed by atoms with Crippen LogP contribution in [0.3, 0.4) is 0 Å². The number of sulfonamides is 1. The van der Waals surface area contributed by atoms with E-state index in [4.69, 9.17) is 4.74 Å². The lowest BCUT2D eigenvalue weighted by atomic mass is 9.94. The van der Waals surface area contributed by atoms with E-state index in [1.165, 1.54) is 16.8 Å². The highest BCUT2D eigenvalue weighted by Gasteiger charge is 2.30. The summed E-state index contributed by atoms with van der Waals surface area (Å²) in [5, 5.41) is 15.3. The monoisotopic (exact) mass is 422 g/mol. The smallest absolute Gasteiger partial charge is 0.327 e. The van der Waals surface area contributed by atoms with Gasteiger partial charge in [-0.15, -0.1) is 0 Å². The first kappa shape index (κ1) is 20.9. The maximum Gasteiger partial charge on any atom is 0.327 e. The molecule has 10 nitrogen and oxygen atoms in total. The van der Waals surface area contributed by atoms with Crippen molar-refractivity contribution >= 4 is 21.7 Å². The van der Waals surface area contributed by atoms with Crippen LogP contribution in [0.25, 0.3) is 0 Å². The van der Waals surface area contributed by atoms with Gasteiger partial charge in [-0.25, -0.2) is 13.1 Å². The molecule has 2 aromatic rings. The summed E-state index contributed by atoms with van der Waals surface area (Å²) in [4.78, 5) is 22.1. The van der Waals surface area contributed by atoms with Gasteiger partial charge in [-0.2, -0.15) is 5.10 Å². The molecule has 0 amide bonds. The molecule has 1 aliphatic rings. The SMILES string of the molecule is CCOC(=O)Cn1ncc2c1CCCC2NS(=O)(=O)c1ccc(C)c([N+](=O)[O-])c1. The van der Waals surface area contributed by atoms with Gasteiger partial charge in [0, 0.05) is 22.9 Å². The zero-order chi connectivity index (χ0) is 21.2. The van der Waals surface area contributed by atoms with Gasteiger partial charge >= 0.3 is 5.97 Å². The van der Waals surface area contributed by atoms with Gasteiger partial charge in [0.15, 0.2) is 0 Å². The molecule has 11 heteroatoms. The van der Waals surface area contributed by atoms with Crippen molar-refractivity contribution in [1.29, 1.82) is 0 Å². The molecule has 1 unspecified atom stereocenters. The highest BCUT2D eigenvalue weighted by molar-refractivity contribution is 7.89. The van der Waals surface area contributed by atoms with E-state index < -0.39 is 27.0 Å². The first-order valence-electron chi connectivity index (χ1n) is 9.20. The van der Waals surface area contributed by atoms with Gasteiger partial charge in [-0.3, -0.25) is 19.6 Å². The van der Waals surface area contributed by atoms with E-state index >= 15 is 0 Å². The number of benzene rings is 1. The number of rotatable bonds is 7. The summed E-state index contributed by atoms with van der Waals surface area (Å²) in [6.45, 7) is 3.50. The van der Waals surface area contributed by atoms with E-state index in [1.54, 1.807) is 20.0 Å². The fourth-order valence-electron chi connectivity index (χ4n) is 3.41. The van der Waals surface area contributed by atoms with E-state index in [9.17, 15) is 23.3 Å². The lowest BCUT2D eigenvalue weighted by molar-refractivity contribution is -0.385. The third-order valence-corrected chi connectivity index (χ3v) is 6.30. The number of carbonyl (C=O) groups excluding carboxylic acids is 1. The summed E-state index contributed by atoms with van der Waals surface area (Å²) in [6, 6.07) is 3.29. The van der Waals surface area contributed by atoms with E-state index in [-0.39, 0.29) is 23.7 Å². The fourth-order valence-corrected chi connectivity index (χ4v) is 4.68. The molecule has 156 valence electrons. The third kappa shape index (κ3) is 4.46. The highest BCUT2D eigenvalue weighted by Crippen LogP contribution is 2.31. The van der Waals surface area contributed by atoms with Crippen molar-refractivity contribution < 1.29 is 22.9 Å². The van der Waals surface area contributed by atoms with Crippen molar-refractivity contribution in [2.45, 2.75) is 50.6 Å². The summed E-state index contributed by atoms with van der Waals surface area (Å²) in [5.74, 6) is -0.409. The molecule has 1 aromatic heterocycles. The van der Waals surface area contributed by atoms with Crippen LogP contribution in [0.5, 0.6) is 0 Å². The van der Waals surface area contributed by atoms with Crippen molar-refractivity contribution in [3.05, 3.63) is 51.3 Å². The van der Waals surface area contributed by atoms with Crippen molar-refractivity contribution in [3.8, 4) is 0 Å². The number of nitro groups is 1. The number of esters is 1. The highest BCUT2D eigenvalue weighted by atomic mass is 32.2. The first-order chi connectivity index (χ1) is 13.7. The van der Waals surface area contributed by atoms with Gasteiger partial charge in [-0.1, -0.05) is 6.07 Å². The molecule has 0 saturated heterocycles. The Morgan fingerprint density at radius 2 is 2.21 bits per heavy atom. The second-order valence-electron chi connectivity index (χ2n) is 6.78. The molecule has 3 rings (SSSR count). The van der Waals surface area contributed by atoms with Gasteiger partial charge in [-0.05, 0) is 39.2 Å². The Hall–Kier alpha value is -2.79. The van der Waals surface area contributed by atoms with Crippen LogP contribution in [-0.2, 0) is 32.5 Å². The number of fused-ring (bicyclic) bond motifs is 1. The van der Waals surface area contributed by atoms with Crippen LogP contribution in [0.1, 0.15) is 42.6 Å². The number of hydrogen-bond donors (Lipinski definition) is 1. The molecule has 0 radical (unpaired) electrons. The predicted octanol–water partition coefficient (Wildman–Crippen LogP) is 2.02. The Labute approximate surface area is 168 Å². The van der Waals surface area contributed by atoms with Crippen LogP contribution in [0.2, 0.25) is 0 Å². The largest absolute Gasteiger partial charge is 0.465 e. The lowest BCUT2D eigenvalue weighted by Crippen LogP contribution is -2.31. The quantitative estimate of drug-likeness (QED) is 0.410. The first-order valence-corrected chi connectivity index (χ1v) is 10.7. The number of aryl methyl sites for hydroxylation is 1. The van der Waals surface area contributed by atoms with Crippen LogP contribution < -0.4 is 4.72 Å². The predicted molar refractivity (Wildman–Crippen MR) is 103 cm³/mol. The van der Waals surface area contributed by atoms with E-state index in [2.05, 4.69) is 9.82 Å². The fraction of sp³-hybridized carbons (Fsp3) is 0.444. The number of ether oxygens (including phenoxy) is 1. The summed E-state index contributed by atoms with van der Waals surface area (Å²) in [7, 11) is -3.98. The average Bonchev–Trinajstić information content (AvgIpc) is 3.05. The molecule has 1 N–H and O–H groups in total. The summed E-state index contributed by atoms with van der Waals surface area (Å²) in [6.07, 6.45) is 3.50. The summed E-state index contributed by atoms with van der Waals surface area (Å²) >= 11 is 0. The standard InChI is InChI=1S/C18H22N4O6S/c1-3-28-18(23)11-21-16-6-4-5-15(14(16)10-19-21)20-29(26,27)13-8-7-12(2)17(9-13)22(24)25/h7-10,15,20H,3-6,11H2,1-2H3. The maximum atomic E-state index is 12.8. The molecule has 0 bridgehead atoms. The minimum Gasteiger partial charge on any atom is -0.465 e. The topological polar surface area (TPSA) is 133 Å².